The van der Waals surface area contributed by atoms with Crippen molar-refractivity contribution in [1.82, 2.24) is 9.62 Å². The highest BCUT2D eigenvalue weighted by Crippen LogP contribution is 2.17. The molecular weight excluding hydrogens is 320 g/mol. The summed E-state index contributed by atoms with van der Waals surface area (Å²) in [5.74, 6) is 1.15. The molecule has 1 N–H and O–H groups in total. The maximum atomic E-state index is 12.2. The molecule has 1 aliphatic rings. The second-order valence-electron chi connectivity index (χ2n) is 5.53. The number of nitrogens with one attached hydrogen (secondary N) is 1. The molecule has 0 aromatic heterocycles. The molecule has 8 heteroatoms. The Morgan fingerprint density at radius 2 is 1.96 bits per heavy atom. The van der Waals surface area contributed by atoms with Gasteiger partial charge in [-0.05, 0) is 37.1 Å². The summed E-state index contributed by atoms with van der Waals surface area (Å²) in [5.41, 5.74) is 0. The minimum absolute atomic E-state index is 0.0715. The highest BCUT2D eigenvalue weighted by atomic mass is 32.2. The molecule has 0 bridgehead atoms. The number of carbonyl (C=O) groups excluding carboxylic acids is 1. The Labute approximate surface area is 136 Å². The third kappa shape index (κ3) is 5.72. The molecule has 1 heterocycles. The first kappa shape index (κ1) is 17.6. The minimum Gasteiger partial charge on any atom is -0.497 e. The van der Waals surface area contributed by atoms with Crippen LogP contribution in [0.15, 0.2) is 24.3 Å². The van der Waals surface area contributed by atoms with Gasteiger partial charge in [-0.15, -0.1) is 0 Å². The molecular formula is C15H22N2O5S. The lowest BCUT2D eigenvalue weighted by Crippen LogP contribution is -2.50. The van der Waals surface area contributed by atoms with Crippen LogP contribution in [0.25, 0.3) is 0 Å². The molecule has 1 atom stereocenters. The van der Waals surface area contributed by atoms with E-state index < -0.39 is 10.0 Å². The number of hydrogen-bond donors (Lipinski definition) is 1. The van der Waals surface area contributed by atoms with E-state index in [1.54, 1.807) is 36.3 Å². The van der Waals surface area contributed by atoms with Crippen LogP contribution in [0.3, 0.4) is 0 Å². The summed E-state index contributed by atoms with van der Waals surface area (Å²) < 4.78 is 35.7. The van der Waals surface area contributed by atoms with Crippen molar-refractivity contribution in [3.8, 4) is 11.5 Å². The summed E-state index contributed by atoms with van der Waals surface area (Å²) in [6, 6.07) is 6.75. The van der Waals surface area contributed by atoms with Gasteiger partial charge in [0, 0.05) is 19.1 Å². The molecule has 1 amide bonds. The average Bonchev–Trinajstić information content (AvgIpc) is 2.51. The third-order valence-corrected chi connectivity index (χ3v) is 4.34. The summed E-state index contributed by atoms with van der Waals surface area (Å²) in [5, 5.41) is 0. The van der Waals surface area contributed by atoms with Crippen LogP contribution in [0, 0.1) is 0 Å². The van der Waals surface area contributed by atoms with Crippen molar-refractivity contribution in [2.75, 3.05) is 33.1 Å². The number of hydrogen-bond acceptors (Lipinski definition) is 5. The van der Waals surface area contributed by atoms with Crippen molar-refractivity contribution in [2.45, 2.75) is 18.9 Å². The van der Waals surface area contributed by atoms with E-state index in [-0.39, 0.29) is 18.6 Å². The van der Waals surface area contributed by atoms with Gasteiger partial charge in [-0.2, -0.15) is 0 Å². The number of rotatable bonds is 6. The maximum Gasteiger partial charge on any atom is 0.260 e. The Bertz CT molecular complexity index is 630. The number of ether oxygens (including phenoxy) is 2. The van der Waals surface area contributed by atoms with Gasteiger partial charge in [-0.3, -0.25) is 4.79 Å². The standard InChI is InChI=1S/C15H22N2O5S/c1-21-13-5-7-14(8-6-13)22-11-15(18)17-9-3-4-12(10-17)16-23(2,19)20/h5-8,12,16H,3-4,9-11H2,1-2H3/t12-/m1/s1. The molecule has 0 spiro atoms. The monoisotopic (exact) mass is 342 g/mol. The van der Waals surface area contributed by atoms with Crippen LogP contribution < -0.4 is 14.2 Å². The molecule has 0 radical (unpaired) electrons. The number of likely N-dealkylation sites (tertiary alicyclic amines) is 1. The smallest absolute Gasteiger partial charge is 0.260 e. The lowest BCUT2D eigenvalue weighted by Gasteiger charge is -2.32. The molecule has 0 unspecified atom stereocenters. The Morgan fingerprint density at radius 3 is 2.57 bits per heavy atom. The SMILES string of the molecule is COc1ccc(OCC(=O)N2CCC[C@@H](NS(C)(=O)=O)C2)cc1. The third-order valence-electron chi connectivity index (χ3n) is 3.58. The van der Waals surface area contributed by atoms with Gasteiger partial charge in [0.1, 0.15) is 11.5 Å². The lowest BCUT2D eigenvalue weighted by molar-refractivity contribution is -0.134. The maximum absolute atomic E-state index is 12.2. The van der Waals surface area contributed by atoms with Gasteiger partial charge in [0.25, 0.3) is 5.91 Å². The van der Waals surface area contributed by atoms with E-state index in [1.807, 2.05) is 0 Å². The fourth-order valence-corrected chi connectivity index (χ4v) is 3.31. The van der Waals surface area contributed by atoms with Crippen LogP contribution in [0.2, 0.25) is 0 Å². The Kier molecular flexibility index (Phi) is 5.84. The van der Waals surface area contributed by atoms with Crippen LogP contribution in [0.5, 0.6) is 11.5 Å². The largest absolute Gasteiger partial charge is 0.497 e. The summed E-state index contributed by atoms with van der Waals surface area (Å²) >= 11 is 0. The second kappa shape index (κ2) is 7.65. The Balaban J connectivity index is 1.84. The first-order chi connectivity index (χ1) is 10.9. The molecule has 0 aliphatic carbocycles. The molecule has 2 rings (SSSR count). The lowest BCUT2D eigenvalue weighted by atomic mass is 10.1. The van der Waals surface area contributed by atoms with Gasteiger partial charge in [-0.25, -0.2) is 13.1 Å². The molecule has 1 aliphatic heterocycles. The fourth-order valence-electron chi connectivity index (χ4n) is 2.51. The fraction of sp³-hybridized carbons (Fsp3) is 0.533. The Morgan fingerprint density at radius 1 is 1.30 bits per heavy atom. The number of piperidine rings is 1. The highest BCUT2D eigenvalue weighted by Gasteiger charge is 2.25. The van der Waals surface area contributed by atoms with Crippen molar-refractivity contribution in [2.24, 2.45) is 0 Å². The molecule has 1 fully saturated rings. The number of methoxy groups -OCH3 is 1. The number of sulfonamides is 1. The number of amides is 1. The summed E-state index contributed by atoms with van der Waals surface area (Å²) in [7, 11) is -1.69. The van der Waals surface area contributed by atoms with Crippen LogP contribution in [0.1, 0.15) is 12.8 Å². The predicted octanol–water partition coefficient (Wildman–Crippen LogP) is 0.614. The highest BCUT2D eigenvalue weighted by molar-refractivity contribution is 7.88. The van der Waals surface area contributed by atoms with Gasteiger partial charge in [-0.1, -0.05) is 0 Å². The van der Waals surface area contributed by atoms with E-state index in [1.165, 1.54) is 0 Å². The normalized spacial score (nSPS) is 18.5. The van der Waals surface area contributed by atoms with E-state index in [0.717, 1.165) is 24.8 Å². The zero-order valence-electron chi connectivity index (χ0n) is 13.3. The Hall–Kier alpha value is -1.80. The van der Waals surface area contributed by atoms with Crippen LogP contribution in [0.4, 0.5) is 0 Å². The molecule has 23 heavy (non-hydrogen) atoms. The zero-order valence-corrected chi connectivity index (χ0v) is 14.1. The quantitative estimate of drug-likeness (QED) is 0.819. The average molecular weight is 342 g/mol. The summed E-state index contributed by atoms with van der Waals surface area (Å²) in [4.78, 5) is 13.8. The van der Waals surface area contributed by atoms with E-state index in [2.05, 4.69) is 4.72 Å². The summed E-state index contributed by atoms with van der Waals surface area (Å²) in [6.07, 6.45) is 2.62. The van der Waals surface area contributed by atoms with Crippen molar-refractivity contribution in [1.29, 1.82) is 0 Å². The van der Waals surface area contributed by atoms with Crippen LogP contribution in [-0.4, -0.2) is 58.3 Å². The van der Waals surface area contributed by atoms with E-state index in [9.17, 15) is 13.2 Å². The number of nitrogens with zero attached hydrogens (tertiary/aromatic N) is 1. The zero-order chi connectivity index (χ0) is 16.9. The second-order valence-corrected chi connectivity index (χ2v) is 7.31. The van der Waals surface area contributed by atoms with Crippen LogP contribution in [-0.2, 0) is 14.8 Å². The van der Waals surface area contributed by atoms with E-state index >= 15 is 0 Å². The van der Waals surface area contributed by atoms with Gasteiger partial charge in [0.2, 0.25) is 10.0 Å². The topological polar surface area (TPSA) is 84.9 Å². The van der Waals surface area contributed by atoms with Crippen molar-refractivity contribution >= 4 is 15.9 Å². The number of carbonyl (C=O) groups is 1. The van der Waals surface area contributed by atoms with Crippen molar-refractivity contribution in [3.63, 3.8) is 0 Å². The molecule has 1 aromatic rings. The van der Waals surface area contributed by atoms with E-state index in [4.69, 9.17) is 9.47 Å². The molecule has 7 nitrogen and oxygen atoms in total. The van der Waals surface area contributed by atoms with E-state index in [0.29, 0.717) is 18.8 Å². The van der Waals surface area contributed by atoms with Crippen LogP contribution >= 0.6 is 0 Å². The number of benzene rings is 1. The van der Waals surface area contributed by atoms with Gasteiger partial charge in [0.15, 0.2) is 6.61 Å². The van der Waals surface area contributed by atoms with Crippen molar-refractivity contribution < 1.29 is 22.7 Å². The molecule has 1 aromatic carbocycles. The molecule has 128 valence electrons. The van der Waals surface area contributed by atoms with Gasteiger partial charge in [0.05, 0.1) is 13.4 Å². The van der Waals surface area contributed by atoms with Crippen molar-refractivity contribution in [3.05, 3.63) is 24.3 Å². The van der Waals surface area contributed by atoms with Gasteiger partial charge < -0.3 is 14.4 Å². The predicted molar refractivity (Wildman–Crippen MR) is 86.1 cm³/mol. The first-order valence-corrected chi connectivity index (χ1v) is 9.28. The molecule has 0 saturated carbocycles. The molecule has 1 saturated heterocycles. The summed E-state index contributed by atoms with van der Waals surface area (Å²) in [6.45, 7) is 0.919. The van der Waals surface area contributed by atoms with Gasteiger partial charge >= 0.3 is 0 Å². The first-order valence-electron chi connectivity index (χ1n) is 7.39. The minimum atomic E-state index is -3.27.